The third kappa shape index (κ3) is 1.39. The molecule has 4 heteroatoms. The first-order valence-corrected chi connectivity index (χ1v) is 3.85. The fraction of sp³-hybridized carbons (Fsp3) is 0.222. The molecule has 0 fully saturated rings. The Balaban J connectivity index is 2.53. The molecule has 0 unspecified atom stereocenters. The topological polar surface area (TPSA) is 26.3 Å². The number of carbonyl (C=O) groups excluding carboxylic acids is 1. The lowest BCUT2D eigenvalue weighted by molar-refractivity contribution is -0.135. The summed E-state index contributed by atoms with van der Waals surface area (Å²) in [6.07, 6.45) is 0.426. The van der Waals surface area contributed by atoms with Crippen molar-refractivity contribution >= 4 is 5.97 Å². The fourth-order valence-corrected chi connectivity index (χ4v) is 1.31. The summed E-state index contributed by atoms with van der Waals surface area (Å²) in [4.78, 5) is 10.8. The molecule has 0 saturated carbocycles. The lowest BCUT2D eigenvalue weighted by Gasteiger charge is -2.15. The van der Waals surface area contributed by atoms with E-state index in [0.29, 0.717) is 0 Å². The molecule has 0 bridgehead atoms. The van der Waals surface area contributed by atoms with E-state index in [2.05, 4.69) is 4.74 Å². The number of rotatable bonds is 0. The predicted octanol–water partition coefficient (Wildman–Crippen LogP) is 1.82. The zero-order valence-corrected chi connectivity index (χ0v) is 6.64. The van der Waals surface area contributed by atoms with Gasteiger partial charge in [0, 0.05) is 17.7 Å². The van der Waals surface area contributed by atoms with Crippen LogP contribution in [0.5, 0.6) is 5.75 Å². The Bertz CT molecular complexity index is 374. The van der Waals surface area contributed by atoms with Crippen molar-refractivity contribution in [2.45, 2.75) is 12.8 Å². The van der Waals surface area contributed by atoms with E-state index in [1.807, 2.05) is 0 Å². The van der Waals surface area contributed by atoms with Crippen LogP contribution in [0.4, 0.5) is 8.78 Å². The van der Waals surface area contributed by atoms with Gasteiger partial charge >= 0.3 is 5.97 Å². The van der Waals surface area contributed by atoms with Gasteiger partial charge in [0.15, 0.2) is 0 Å². The Hall–Kier alpha value is -1.45. The van der Waals surface area contributed by atoms with Gasteiger partial charge in [0.05, 0.1) is 6.42 Å². The van der Waals surface area contributed by atoms with Crippen LogP contribution in [0.3, 0.4) is 0 Å². The highest BCUT2D eigenvalue weighted by molar-refractivity contribution is 5.75. The molecule has 1 aromatic carbocycles. The van der Waals surface area contributed by atoms with Crippen molar-refractivity contribution < 1.29 is 18.3 Å². The van der Waals surface area contributed by atoms with Crippen molar-refractivity contribution in [3.8, 4) is 5.75 Å². The highest BCUT2D eigenvalue weighted by Gasteiger charge is 2.21. The number of hydrogen-bond donors (Lipinski definition) is 0. The van der Waals surface area contributed by atoms with Crippen LogP contribution in [-0.4, -0.2) is 5.97 Å². The summed E-state index contributed by atoms with van der Waals surface area (Å²) in [5.74, 6) is -1.82. The summed E-state index contributed by atoms with van der Waals surface area (Å²) in [5.41, 5.74) is 0.279. The van der Waals surface area contributed by atoms with Gasteiger partial charge in [-0.05, 0) is 6.42 Å². The minimum absolute atomic E-state index is 0.00810. The maximum atomic E-state index is 13.0. The Kier molecular flexibility index (Phi) is 1.76. The van der Waals surface area contributed by atoms with Gasteiger partial charge in [0.25, 0.3) is 0 Å². The number of benzene rings is 1. The molecule has 13 heavy (non-hydrogen) atoms. The summed E-state index contributed by atoms with van der Waals surface area (Å²) in [6.45, 7) is 0. The largest absolute Gasteiger partial charge is 0.426 e. The van der Waals surface area contributed by atoms with Crippen molar-refractivity contribution in [2.75, 3.05) is 0 Å². The molecule has 1 aliphatic heterocycles. The third-order valence-corrected chi connectivity index (χ3v) is 1.92. The van der Waals surface area contributed by atoms with Crippen molar-refractivity contribution in [1.82, 2.24) is 0 Å². The van der Waals surface area contributed by atoms with Gasteiger partial charge < -0.3 is 4.74 Å². The lowest BCUT2D eigenvalue weighted by Crippen LogP contribution is -2.17. The van der Waals surface area contributed by atoms with Crippen molar-refractivity contribution in [1.29, 1.82) is 0 Å². The number of halogens is 2. The first kappa shape index (κ1) is 8.16. The molecule has 0 atom stereocenters. The fourth-order valence-electron chi connectivity index (χ4n) is 1.31. The zero-order valence-electron chi connectivity index (χ0n) is 6.64. The summed E-state index contributed by atoms with van der Waals surface area (Å²) >= 11 is 0. The van der Waals surface area contributed by atoms with E-state index < -0.39 is 17.6 Å². The van der Waals surface area contributed by atoms with Crippen LogP contribution in [0.1, 0.15) is 12.0 Å². The van der Waals surface area contributed by atoms with Crippen LogP contribution in [-0.2, 0) is 11.2 Å². The molecule has 0 aromatic heterocycles. The number of hydrogen-bond acceptors (Lipinski definition) is 2. The minimum Gasteiger partial charge on any atom is -0.426 e. The standard InChI is InChI=1S/C9H6F2O2/c10-5-3-7(11)6-1-2-9(12)13-8(6)4-5/h3-4H,1-2H2. The Morgan fingerprint density at radius 2 is 2.00 bits per heavy atom. The zero-order chi connectivity index (χ0) is 9.42. The second-order valence-electron chi connectivity index (χ2n) is 2.84. The number of esters is 1. The molecule has 1 aromatic rings. The monoisotopic (exact) mass is 184 g/mol. The van der Waals surface area contributed by atoms with Crippen LogP contribution >= 0.6 is 0 Å². The van der Waals surface area contributed by atoms with Crippen molar-refractivity contribution in [3.05, 3.63) is 29.3 Å². The van der Waals surface area contributed by atoms with Gasteiger partial charge in [0.2, 0.25) is 0 Å². The van der Waals surface area contributed by atoms with E-state index in [0.717, 1.165) is 12.1 Å². The van der Waals surface area contributed by atoms with Crippen LogP contribution in [0, 0.1) is 11.6 Å². The van der Waals surface area contributed by atoms with Crippen molar-refractivity contribution in [2.24, 2.45) is 0 Å². The molecule has 68 valence electrons. The van der Waals surface area contributed by atoms with Crippen LogP contribution in [0.25, 0.3) is 0 Å². The summed E-state index contributed by atoms with van der Waals surface area (Å²) in [7, 11) is 0. The Morgan fingerprint density at radius 1 is 1.23 bits per heavy atom. The molecule has 0 N–H and O–H groups in total. The molecule has 2 nitrogen and oxygen atoms in total. The quantitative estimate of drug-likeness (QED) is 0.454. The van der Waals surface area contributed by atoms with Crippen LogP contribution in [0.15, 0.2) is 12.1 Å². The maximum Gasteiger partial charge on any atom is 0.311 e. The number of ether oxygens (including phenoxy) is 1. The van der Waals surface area contributed by atoms with E-state index in [9.17, 15) is 13.6 Å². The minimum atomic E-state index is -0.731. The van der Waals surface area contributed by atoms with E-state index in [1.54, 1.807) is 0 Å². The van der Waals surface area contributed by atoms with E-state index in [1.165, 1.54) is 0 Å². The Labute approximate surface area is 73.1 Å². The van der Waals surface area contributed by atoms with Gasteiger partial charge in [0.1, 0.15) is 17.4 Å². The maximum absolute atomic E-state index is 13.0. The molecule has 0 saturated heterocycles. The predicted molar refractivity (Wildman–Crippen MR) is 40.3 cm³/mol. The van der Waals surface area contributed by atoms with E-state index in [-0.39, 0.29) is 24.2 Å². The van der Waals surface area contributed by atoms with Crippen molar-refractivity contribution in [3.63, 3.8) is 0 Å². The Morgan fingerprint density at radius 3 is 2.77 bits per heavy atom. The molecular weight excluding hydrogens is 178 g/mol. The third-order valence-electron chi connectivity index (χ3n) is 1.92. The molecule has 1 aliphatic rings. The van der Waals surface area contributed by atoms with Gasteiger partial charge in [-0.3, -0.25) is 4.79 Å². The molecule has 1 heterocycles. The van der Waals surface area contributed by atoms with E-state index >= 15 is 0 Å². The average Bonchev–Trinajstić information content (AvgIpc) is 2.02. The highest BCUT2D eigenvalue weighted by atomic mass is 19.1. The summed E-state index contributed by atoms with van der Waals surface area (Å²) < 4.78 is 30.4. The molecule has 0 amide bonds. The SMILES string of the molecule is O=C1CCc2c(F)cc(F)cc2O1. The average molecular weight is 184 g/mol. The normalized spacial score (nSPS) is 15.1. The molecule has 0 spiro atoms. The smallest absolute Gasteiger partial charge is 0.311 e. The highest BCUT2D eigenvalue weighted by Crippen LogP contribution is 2.28. The summed E-state index contributed by atoms with van der Waals surface area (Å²) in [5, 5.41) is 0. The first-order valence-electron chi connectivity index (χ1n) is 3.85. The molecule has 0 radical (unpaired) electrons. The lowest BCUT2D eigenvalue weighted by atomic mass is 10.1. The first-order chi connectivity index (χ1) is 6.16. The summed E-state index contributed by atoms with van der Waals surface area (Å²) in [6, 6.07) is 1.81. The van der Waals surface area contributed by atoms with Gasteiger partial charge in [-0.15, -0.1) is 0 Å². The van der Waals surface area contributed by atoms with E-state index in [4.69, 9.17) is 0 Å². The molecule has 2 rings (SSSR count). The van der Waals surface area contributed by atoms with Crippen LogP contribution in [0.2, 0.25) is 0 Å². The second kappa shape index (κ2) is 2.80. The number of fused-ring (bicyclic) bond motifs is 1. The second-order valence-corrected chi connectivity index (χ2v) is 2.84. The van der Waals surface area contributed by atoms with Gasteiger partial charge in [-0.25, -0.2) is 8.78 Å². The van der Waals surface area contributed by atoms with Gasteiger partial charge in [-0.1, -0.05) is 0 Å². The van der Waals surface area contributed by atoms with Gasteiger partial charge in [-0.2, -0.15) is 0 Å². The van der Waals surface area contributed by atoms with Crippen LogP contribution < -0.4 is 4.74 Å². The molecular formula is C9H6F2O2. The molecule has 0 aliphatic carbocycles. The number of carbonyl (C=O) groups is 1.